The highest BCUT2D eigenvalue weighted by molar-refractivity contribution is 6.23. The monoisotopic (exact) mass is 294 g/mol. The van der Waals surface area contributed by atoms with Crippen LogP contribution in [0.5, 0.6) is 0 Å². The smallest absolute Gasteiger partial charge is 0.256 e. The number of rotatable bonds is 4. The summed E-state index contributed by atoms with van der Waals surface area (Å²) in [5.41, 5.74) is 2.56. The lowest BCUT2D eigenvalue weighted by Crippen LogP contribution is -2.35. The number of para-hydroxylation sites is 2. The zero-order chi connectivity index (χ0) is 15.5. The fourth-order valence-electron chi connectivity index (χ4n) is 2.76. The van der Waals surface area contributed by atoms with Gasteiger partial charge in [-0.25, -0.2) is 4.90 Å². The third-order valence-electron chi connectivity index (χ3n) is 3.87. The minimum atomic E-state index is -0.500. The van der Waals surface area contributed by atoms with E-state index in [1.165, 1.54) is 4.90 Å². The third kappa shape index (κ3) is 2.60. The molecule has 0 bridgehead atoms. The molecule has 22 heavy (non-hydrogen) atoms. The molecule has 1 heterocycles. The average Bonchev–Trinajstić information content (AvgIpc) is 2.82. The summed E-state index contributed by atoms with van der Waals surface area (Å²) in [5, 5.41) is 3.15. The predicted molar refractivity (Wildman–Crippen MR) is 86.8 cm³/mol. The number of nitrogens with one attached hydrogen (secondary N) is 1. The van der Waals surface area contributed by atoms with Gasteiger partial charge in [-0.1, -0.05) is 43.3 Å². The van der Waals surface area contributed by atoms with E-state index in [9.17, 15) is 9.59 Å². The number of anilines is 2. The maximum Gasteiger partial charge on any atom is 0.256 e. The molecule has 4 heteroatoms. The Morgan fingerprint density at radius 3 is 2.45 bits per heavy atom. The predicted octanol–water partition coefficient (Wildman–Crippen LogP) is 2.99. The summed E-state index contributed by atoms with van der Waals surface area (Å²) in [7, 11) is 0. The van der Waals surface area contributed by atoms with Crippen LogP contribution in [0.1, 0.15) is 18.9 Å². The van der Waals surface area contributed by atoms with Gasteiger partial charge in [-0.2, -0.15) is 0 Å². The van der Waals surface area contributed by atoms with Gasteiger partial charge in [0.2, 0.25) is 5.91 Å². The van der Waals surface area contributed by atoms with Crippen LogP contribution in [0, 0.1) is 0 Å². The molecule has 1 aliphatic heterocycles. The van der Waals surface area contributed by atoms with Gasteiger partial charge in [0.25, 0.3) is 5.91 Å². The Morgan fingerprint density at radius 2 is 1.73 bits per heavy atom. The van der Waals surface area contributed by atoms with Crippen molar-refractivity contribution in [2.24, 2.45) is 0 Å². The number of hydrogen-bond donors (Lipinski definition) is 1. The Kier molecular flexibility index (Phi) is 3.92. The summed E-state index contributed by atoms with van der Waals surface area (Å²) >= 11 is 0. The molecule has 1 fully saturated rings. The number of aryl methyl sites for hydroxylation is 1. The molecule has 112 valence electrons. The van der Waals surface area contributed by atoms with Gasteiger partial charge in [-0.05, 0) is 30.2 Å². The van der Waals surface area contributed by atoms with Crippen LogP contribution in [-0.2, 0) is 16.0 Å². The summed E-state index contributed by atoms with van der Waals surface area (Å²) < 4.78 is 0. The fraction of sp³-hybridized carbons (Fsp3) is 0.222. The zero-order valence-electron chi connectivity index (χ0n) is 12.5. The maximum atomic E-state index is 12.6. The van der Waals surface area contributed by atoms with Gasteiger partial charge < -0.3 is 5.32 Å². The molecule has 2 aromatic carbocycles. The van der Waals surface area contributed by atoms with E-state index in [4.69, 9.17) is 0 Å². The zero-order valence-corrected chi connectivity index (χ0v) is 12.5. The van der Waals surface area contributed by atoms with Gasteiger partial charge in [-0.3, -0.25) is 9.59 Å². The van der Waals surface area contributed by atoms with Gasteiger partial charge >= 0.3 is 0 Å². The van der Waals surface area contributed by atoms with Gasteiger partial charge in [0, 0.05) is 5.69 Å². The van der Waals surface area contributed by atoms with Crippen LogP contribution in [0.3, 0.4) is 0 Å². The molecule has 1 atom stereocenters. The lowest BCUT2D eigenvalue weighted by atomic mass is 10.1. The fourth-order valence-corrected chi connectivity index (χ4v) is 2.76. The van der Waals surface area contributed by atoms with E-state index in [1.54, 1.807) is 0 Å². The first-order valence-corrected chi connectivity index (χ1v) is 7.47. The van der Waals surface area contributed by atoms with Crippen molar-refractivity contribution in [2.75, 3.05) is 10.2 Å². The first-order chi connectivity index (χ1) is 10.7. The summed E-state index contributed by atoms with van der Waals surface area (Å²) in [6, 6.07) is 16.5. The first-order valence-electron chi connectivity index (χ1n) is 7.47. The van der Waals surface area contributed by atoms with Gasteiger partial charge in [0.05, 0.1) is 12.1 Å². The summed E-state index contributed by atoms with van der Waals surface area (Å²) in [5.74, 6) is -0.339. The van der Waals surface area contributed by atoms with Crippen LogP contribution >= 0.6 is 0 Å². The Hall–Kier alpha value is -2.62. The Labute approximate surface area is 129 Å². The maximum absolute atomic E-state index is 12.6. The standard InChI is InChI=1S/C18H18N2O2/c1-2-13-8-6-7-11-16(13)20-17(21)12-15(18(20)22)19-14-9-4-3-5-10-14/h3-11,15,19H,2,12H2,1H3. The molecule has 1 unspecified atom stereocenters. The van der Waals surface area contributed by atoms with Crippen molar-refractivity contribution >= 4 is 23.2 Å². The first kappa shape index (κ1) is 14.3. The number of carbonyl (C=O) groups is 2. The van der Waals surface area contributed by atoms with Crippen molar-refractivity contribution in [1.82, 2.24) is 0 Å². The molecular formula is C18H18N2O2. The molecule has 0 aliphatic carbocycles. The van der Waals surface area contributed by atoms with E-state index >= 15 is 0 Å². The number of amides is 2. The Morgan fingerprint density at radius 1 is 1.05 bits per heavy atom. The van der Waals surface area contributed by atoms with Crippen LogP contribution in [0.4, 0.5) is 11.4 Å². The van der Waals surface area contributed by atoms with Crippen molar-refractivity contribution in [3.05, 3.63) is 60.2 Å². The molecular weight excluding hydrogens is 276 g/mol. The number of imide groups is 1. The second-order valence-electron chi connectivity index (χ2n) is 5.32. The van der Waals surface area contributed by atoms with E-state index in [-0.39, 0.29) is 18.2 Å². The highest BCUT2D eigenvalue weighted by atomic mass is 16.2. The molecule has 1 saturated heterocycles. The summed E-state index contributed by atoms with van der Waals surface area (Å²) in [6.07, 6.45) is 0.968. The second-order valence-corrected chi connectivity index (χ2v) is 5.32. The molecule has 2 aromatic rings. The van der Waals surface area contributed by atoms with Gasteiger partial charge in [-0.15, -0.1) is 0 Å². The van der Waals surface area contributed by atoms with Gasteiger partial charge in [0.1, 0.15) is 6.04 Å². The number of nitrogens with zero attached hydrogens (tertiary/aromatic N) is 1. The largest absolute Gasteiger partial charge is 0.373 e. The van der Waals surface area contributed by atoms with E-state index < -0.39 is 6.04 Å². The van der Waals surface area contributed by atoms with Crippen molar-refractivity contribution in [1.29, 1.82) is 0 Å². The van der Waals surface area contributed by atoms with Crippen LogP contribution in [0.15, 0.2) is 54.6 Å². The lowest BCUT2D eigenvalue weighted by molar-refractivity contribution is -0.121. The quantitative estimate of drug-likeness (QED) is 0.882. The van der Waals surface area contributed by atoms with E-state index in [1.807, 2.05) is 61.5 Å². The van der Waals surface area contributed by atoms with Gasteiger partial charge in [0.15, 0.2) is 0 Å². The highest BCUT2D eigenvalue weighted by Crippen LogP contribution is 2.28. The van der Waals surface area contributed by atoms with Crippen molar-refractivity contribution in [3.8, 4) is 0 Å². The third-order valence-corrected chi connectivity index (χ3v) is 3.87. The molecule has 1 N–H and O–H groups in total. The SMILES string of the molecule is CCc1ccccc1N1C(=O)CC(Nc2ccccc2)C1=O. The normalized spacial score (nSPS) is 17.9. The second kappa shape index (κ2) is 6.02. The van der Waals surface area contributed by atoms with Crippen LogP contribution in [0.25, 0.3) is 0 Å². The van der Waals surface area contributed by atoms with Crippen molar-refractivity contribution in [3.63, 3.8) is 0 Å². The molecule has 0 aromatic heterocycles. The van der Waals surface area contributed by atoms with Crippen LogP contribution in [-0.4, -0.2) is 17.9 Å². The lowest BCUT2D eigenvalue weighted by Gasteiger charge is -2.18. The van der Waals surface area contributed by atoms with E-state index in [0.29, 0.717) is 5.69 Å². The molecule has 1 aliphatic rings. The molecule has 2 amide bonds. The van der Waals surface area contributed by atoms with Crippen LogP contribution < -0.4 is 10.2 Å². The van der Waals surface area contributed by atoms with Crippen molar-refractivity contribution < 1.29 is 9.59 Å². The molecule has 0 saturated carbocycles. The molecule has 4 nitrogen and oxygen atoms in total. The average molecular weight is 294 g/mol. The number of hydrogen-bond acceptors (Lipinski definition) is 3. The minimum Gasteiger partial charge on any atom is -0.373 e. The topological polar surface area (TPSA) is 49.4 Å². The molecule has 0 spiro atoms. The van der Waals surface area contributed by atoms with Crippen molar-refractivity contribution in [2.45, 2.75) is 25.8 Å². The van der Waals surface area contributed by atoms with E-state index in [2.05, 4.69) is 5.32 Å². The van der Waals surface area contributed by atoms with Crippen LogP contribution in [0.2, 0.25) is 0 Å². The Bertz CT molecular complexity index is 697. The Balaban J connectivity index is 1.86. The summed E-state index contributed by atoms with van der Waals surface area (Å²) in [6.45, 7) is 2.02. The minimum absolute atomic E-state index is 0.153. The molecule has 0 radical (unpaired) electrons. The van der Waals surface area contributed by atoms with E-state index in [0.717, 1.165) is 17.7 Å². The number of carbonyl (C=O) groups excluding carboxylic acids is 2. The molecule has 3 rings (SSSR count). The number of benzene rings is 2. The summed E-state index contributed by atoms with van der Waals surface area (Å²) in [4.78, 5) is 26.3. The highest BCUT2D eigenvalue weighted by Gasteiger charge is 2.40.